The number of amides is 1. The summed E-state index contributed by atoms with van der Waals surface area (Å²) >= 11 is 0. The number of carbonyl (C=O) groups is 2. The monoisotopic (exact) mass is 251 g/mol. The highest BCUT2D eigenvalue weighted by Gasteiger charge is 2.27. The Labute approximate surface area is 105 Å². The van der Waals surface area contributed by atoms with E-state index in [0.29, 0.717) is 5.56 Å². The molecule has 0 aromatic carbocycles. The van der Waals surface area contributed by atoms with Gasteiger partial charge in [0.05, 0.1) is 6.20 Å². The molecular formula is C12H17N3O3. The van der Waals surface area contributed by atoms with E-state index in [4.69, 9.17) is 4.74 Å². The number of ether oxygens (including phenoxy) is 1. The van der Waals surface area contributed by atoms with Crippen molar-refractivity contribution in [2.45, 2.75) is 38.8 Å². The van der Waals surface area contributed by atoms with Crippen molar-refractivity contribution in [3.05, 3.63) is 17.5 Å². The van der Waals surface area contributed by atoms with Crippen LogP contribution in [0.4, 0.5) is 0 Å². The molecule has 1 amide bonds. The van der Waals surface area contributed by atoms with Crippen LogP contribution in [-0.2, 0) is 16.6 Å². The highest BCUT2D eigenvalue weighted by molar-refractivity contribution is 5.93. The van der Waals surface area contributed by atoms with Crippen LogP contribution in [0.5, 0.6) is 0 Å². The lowest BCUT2D eigenvalue weighted by Gasteiger charge is -2.12. The maximum absolute atomic E-state index is 11.8. The molecule has 0 unspecified atom stereocenters. The zero-order valence-electron chi connectivity index (χ0n) is 10.8. The van der Waals surface area contributed by atoms with E-state index in [9.17, 15) is 9.59 Å². The molecule has 1 aromatic rings. The first-order valence-electron chi connectivity index (χ1n) is 5.99. The highest BCUT2D eigenvalue weighted by Crippen LogP contribution is 2.19. The Balaban J connectivity index is 1.93. The van der Waals surface area contributed by atoms with E-state index >= 15 is 0 Å². The minimum Gasteiger partial charge on any atom is -0.449 e. The highest BCUT2D eigenvalue weighted by atomic mass is 16.5. The van der Waals surface area contributed by atoms with E-state index in [0.717, 1.165) is 18.5 Å². The molecule has 0 aliphatic heterocycles. The molecule has 1 saturated carbocycles. The molecule has 1 aliphatic rings. The molecule has 1 N–H and O–H groups in total. The smallest absolute Gasteiger partial charge is 0.342 e. The Morgan fingerprint density at radius 1 is 1.56 bits per heavy atom. The fraction of sp³-hybridized carbons (Fsp3) is 0.583. The van der Waals surface area contributed by atoms with Gasteiger partial charge in [-0.15, -0.1) is 0 Å². The summed E-state index contributed by atoms with van der Waals surface area (Å²) in [6.07, 6.45) is 2.68. The lowest BCUT2D eigenvalue weighted by Crippen LogP contribution is -2.37. The van der Waals surface area contributed by atoms with Crippen molar-refractivity contribution >= 4 is 11.9 Å². The van der Waals surface area contributed by atoms with Crippen LogP contribution >= 0.6 is 0 Å². The average Bonchev–Trinajstić information content (AvgIpc) is 3.06. The lowest BCUT2D eigenvalue weighted by molar-refractivity contribution is -0.129. The van der Waals surface area contributed by atoms with Crippen molar-refractivity contribution in [2.75, 3.05) is 0 Å². The lowest BCUT2D eigenvalue weighted by atomic mass is 10.2. The fourth-order valence-electron chi connectivity index (χ4n) is 1.52. The number of esters is 1. The maximum atomic E-state index is 11.8. The predicted octanol–water partition coefficient (Wildman–Crippen LogP) is 0.552. The average molecular weight is 251 g/mol. The second-order valence-corrected chi connectivity index (χ2v) is 4.60. The van der Waals surface area contributed by atoms with E-state index in [-0.39, 0.29) is 11.9 Å². The minimum absolute atomic E-state index is 0.243. The van der Waals surface area contributed by atoms with Gasteiger partial charge in [-0.2, -0.15) is 5.10 Å². The summed E-state index contributed by atoms with van der Waals surface area (Å²) in [6.45, 7) is 3.35. The first-order chi connectivity index (χ1) is 8.49. The zero-order chi connectivity index (χ0) is 13.3. The van der Waals surface area contributed by atoms with Gasteiger partial charge in [-0.05, 0) is 26.7 Å². The quantitative estimate of drug-likeness (QED) is 0.793. The Hall–Kier alpha value is -1.85. The molecule has 2 rings (SSSR count). The van der Waals surface area contributed by atoms with Crippen molar-refractivity contribution < 1.29 is 14.3 Å². The van der Waals surface area contributed by atoms with Crippen LogP contribution in [0.2, 0.25) is 0 Å². The molecule has 6 nitrogen and oxygen atoms in total. The Morgan fingerprint density at radius 3 is 2.72 bits per heavy atom. The van der Waals surface area contributed by atoms with Gasteiger partial charge in [0.1, 0.15) is 5.56 Å². The number of rotatable bonds is 4. The zero-order valence-corrected chi connectivity index (χ0v) is 10.8. The molecule has 98 valence electrons. The van der Waals surface area contributed by atoms with Crippen LogP contribution in [0.1, 0.15) is 35.8 Å². The Kier molecular flexibility index (Phi) is 3.36. The number of aromatic nitrogens is 2. The van der Waals surface area contributed by atoms with Crippen molar-refractivity contribution in [3.8, 4) is 0 Å². The second kappa shape index (κ2) is 4.80. The molecule has 0 bridgehead atoms. The molecule has 18 heavy (non-hydrogen) atoms. The standard InChI is InChI=1S/C12H17N3O3/c1-7-10(6-13-15(7)3)12(17)18-8(2)11(16)14-9-4-5-9/h6,8-9H,4-5H2,1-3H3,(H,14,16)/t8-/m1/s1. The topological polar surface area (TPSA) is 73.2 Å². The van der Waals surface area contributed by atoms with Gasteiger partial charge in [-0.25, -0.2) is 4.79 Å². The van der Waals surface area contributed by atoms with Gasteiger partial charge < -0.3 is 10.1 Å². The van der Waals surface area contributed by atoms with E-state index in [2.05, 4.69) is 10.4 Å². The Bertz CT molecular complexity index is 477. The summed E-state index contributed by atoms with van der Waals surface area (Å²) in [7, 11) is 1.75. The SMILES string of the molecule is Cc1c(C(=O)O[C@H](C)C(=O)NC2CC2)cnn1C. The molecule has 1 aliphatic carbocycles. The molecule has 0 spiro atoms. The van der Waals surface area contributed by atoms with Crippen LogP contribution in [0, 0.1) is 6.92 Å². The maximum Gasteiger partial charge on any atom is 0.342 e. The van der Waals surface area contributed by atoms with Gasteiger partial charge >= 0.3 is 5.97 Å². The predicted molar refractivity (Wildman–Crippen MR) is 64.0 cm³/mol. The van der Waals surface area contributed by atoms with Gasteiger partial charge in [0.25, 0.3) is 5.91 Å². The minimum atomic E-state index is -0.780. The summed E-state index contributed by atoms with van der Waals surface area (Å²) in [5.41, 5.74) is 1.11. The summed E-state index contributed by atoms with van der Waals surface area (Å²) in [4.78, 5) is 23.5. The number of aryl methyl sites for hydroxylation is 1. The van der Waals surface area contributed by atoms with E-state index in [1.54, 1.807) is 25.6 Å². The summed E-state index contributed by atoms with van der Waals surface area (Å²) in [5.74, 6) is -0.758. The van der Waals surface area contributed by atoms with E-state index in [1.807, 2.05) is 0 Å². The van der Waals surface area contributed by atoms with E-state index < -0.39 is 12.1 Å². The van der Waals surface area contributed by atoms with Crippen LogP contribution in [0.15, 0.2) is 6.20 Å². The van der Waals surface area contributed by atoms with Gasteiger partial charge in [0, 0.05) is 18.8 Å². The van der Waals surface area contributed by atoms with Crippen molar-refractivity contribution in [3.63, 3.8) is 0 Å². The number of carbonyl (C=O) groups excluding carboxylic acids is 2. The molecule has 6 heteroatoms. The van der Waals surface area contributed by atoms with E-state index in [1.165, 1.54) is 6.20 Å². The third-order valence-corrected chi connectivity index (χ3v) is 3.03. The number of nitrogens with one attached hydrogen (secondary N) is 1. The molecular weight excluding hydrogens is 234 g/mol. The van der Waals surface area contributed by atoms with Crippen molar-refractivity contribution in [1.82, 2.24) is 15.1 Å². The summed E-state index contributed by atoms with van der Waals surface area (Å²) < 4.78 is 6.71. The third-order valence-electron chi connectivity index (χ3n) is 3.03. The van der Waals surface area contributed by atoms with Crippen LogP contribution in [0.25, 0.3) is 0 Å². The Morgan fingerprint density at radius 2 is 2.22 bits per heavy atom. The van der Waals surface area contributed by atoms with Crippen molar-refractivity contribution in [2.24, 2.45) is 7.05 Å². The van der Waals surface area contributed by atoms with Crippen LogP contribution in [0.3, 0.4) is 0 Å². The van der Waals surface area contributed by atoms with Crippen molar-refractivity contribution in [1.29, 1.82) is 0 Å². The first-order valence-corrected chi connectivity index (χ1v) is 5.99. The molecule has 1 fully saturated rings. The molecule has 1 atom stereocenters. The molecule has 0 radical (unpaired) electrons. The molecule has 1 aromatic heterocycles. The van der Waals surface area contributed by atoms with Gasteiger partial charge in [0.15, 0.2) is 6.10 Å². The second-order valence-electron chi connectivity index (χ2n) is 4.60. The van der Waals surface area contributed by atoms with Gasteiger partial charge in [-0.1, -0.05) is 0 Å². The number of hydrogen-bond acceptors (Lipinski definition) is 4. The summed E-state index contributed by atoms with van der Waals surface area (Å²) in [5, 5.41) is 6.76. The summed E-state index contributed by atoms with van der Waals surface area (Å²) in [6, 6.07) is 0.263. The van der Waals surface area contributed by atoms with Crippen LogP contribution in [-0.4, -0.2) is 33.8 Å². The largest absolute Gasteiger partial charge is 0.449 e. The first kappa shape index (κ1) is 12.6. The fourth-order valence-corrected chi connectivity index (χ4v) is 1.52. The van der Waals surface area contributed by atoms with Gasteiger partial charge in [-0.3, -0.25) is 9.48 Å². The molecule has 1 heterocycles. The number of hydrogen-bond donors (Lipinski definition) is 1. The third kappa shape index (κ3) is 2.69. The van der Waals surface area contributed by atoms with Gasteiger partial charge in [0.2, 0.25) is 0 Å². The normalized spacial score (nSPS) is 16.2. The van der Waals surface area contributed by atoms with Crippen LogP contribution < -0.4 is 5.32 Å². The number of nitrogens with zero attached hydrogens (tertiary/aromatic N) is 2. The molecule has 0 saturated heterocycles.